The maximum absolute atomic E-state index is 10.1. The van der Waals surface area contributed by atoms with E-state index in [1.807, 2.05) is 0 Å². The van der Waals surface area contributed by atoms with Gasteiger partial charge in [-0.1, -0.05) is 6.07 Å². The number of carboxylic acid groups (broad SMARTS) is 1. The molecule has 0 unspecified atom stereocenters. The van der Waals surface area contributed by atoms with Gasteiger partial charge in [-0.05, 0) is 11.4 Å². The highest BCUT2D eigenvalue weighted by Gasteiger charge is 1.99. The summed E-state index contributed by atoms with van der Waals surface area (Å²) in [6.45, 7) is 4.56. The minimum Gasteiger partial charge on any atom is -0.477 e. The summed E-state index contributed by atoms with van der Waals surface area (Å²) in [5, 5.41) is 16.5. The number of rotatable bonds is 1. The summed E-state index contributed by atoms with van der Waals surface area (Å²) in [7, 11) is 0. The van der Waals surface area contributed by atoms with E-state index in [9.17, 15) is 4.79 Å². The number of carbonyl (C=O) groups is 1. The number of thiophene rings is 1. The molecule has 0 amide bonds. The zero-order chi connectivity index (χ0) is 10.2. The number of aromatic carboxylic acids is 1. The van der Waals surface area contributed by atoms with Gasteiger partial charge in [0.1, 0.15) is 4.88 Å². The molecule has 14 heavy (non-hydrogen) atoms. The molecule has 0 saturated carbocycles. The van der Waals surface area contributed by atoms with Crippen molar-refractivity contribution in [2.45, 2.75) is 0 Å². The fourth-order valence-electron chi connectivity index (χ4n) is 1.00. The maximum atomic E-state index is 10.1. The Kier molecular flexibility index (Phi) is 5.21. The third kappa shape index (κ3) is 4.36. The predicted octanol–water partition coefficient (Wildman–Crippen LogP) is 0.626. The van der Waals surface area contributed by atoms with Gasteiger partial charge in [0, 0.05) is 26.2 Å². The first kappa shape index (κ1) is 11.2. The molecule has 0 bridgehead atoms. The van der Waals surface area contributed by atoms with E-state index < -0.39 is 5.97 Å². The Morgan fingerprint density at radius 3 is 2.07 bits per heavy atom. The lowest BCUT2D eigenvalue weighted by atomic mass is 10.4. The fraction of sp³-hybridized carbons (Fsp3) is 0.444. The van der Waals surface area contributed by atoms with Gasteiger partial charge in [-0.15, -0.1) is 11.3 Å². The monoisotopic (exact) mass is 214 g/mol. The van der Waals surface area contributed by atoms with Crippen LogP contribution in [0.5, 0.6) is 0 Å². The molecule has 5 heteroatoms. The van der Waals surface area contributed by atoms with Gasteiger partial charge in [-0.2, -0.15) is 0 Å². The van der Waals surface area contributed by atoms with Crippen LogP contribution < -0.4 is 10.6 Å². The largest absolute Gasteiger partial charge is 0.477 e. The Morgan fingerprint density at radius 2 is 1.86 bits per heavy atom. The van der Waals surface area contributed by atoms with Crippen molar-refractivity contribution in [1.82, 2.24) is 10.6 Å². The lowest BCUT2D eigenvalue weighted by Gasteiger charge is -2.11. The average Bonchev–Trinajstić information content (AvgIpc) is 2.74. The summed E-state index contributed by atoms with van der Waals surface area (Å²) in [6.07, 6.45) is 0. The van der Waals surface area contributed by atoms with Crippen LogP contribution in [0.4, 0.5) is 0 Å². The number of carboxylic acids is 1. The molecular weight excluding hydrogens is 200 g/mol. The zero-order valence-corrected chi connectivity index (χ0v) is 8.64. The Balaban J connectivity index is 0.000000146. The van der Waals surface area contributed by atoms with E-state index in [0.717, 1.165) is 26.2 Å². The highest BCUT2D eigenvalue weighted by molar-refractivity contribution is 7.11. The first-order valence-corrected chi connectivity index (χ1v) is 5.37. The molecule has 0 aliphatic carbocycles. The molecule has 1 aromatic heterocycles. The van der Waals surface area contributed by atoms with Crippen molar-refractivity contribution < 1.29 is 9.90 Å². The van der Waals surface area contributed by atoms with E-state index in [0.29, 0.717) is 4.88 Å². The topological polar surface area (TPSA) is 61.4 Å². The molecule has 1 aromatic rings. The second-order valence-corrected chi connectivity index (χ2v) is 3.73. The molecule has 0 aromatic carbocycles. The van der Waals surface area contributed by atoms with Gasteiger partial charge in [-0.25, -0.2) is 4.79 Å². The first-order chi connectivity index (χ1) is 6.80. The molecule has 0 atom stereocenters. The summed E-state index contributed by atoms with van der Waals surface area (Å²) >= 11 is 1.23. The molecule has 1 saturated heterocycles. The van der Waals surface area contributed by atoms with Crippen LogP contribution in [0.2, 0.25) is 0 Å². The molecule has 2 heterocycles. The lowest BCUT2D eigenvalue weighted by Crippen LogP contribution is -2.39. The second-order valence-electron chi connectivity index (χ2n) is 2.78. The standard InChI is InChI=1S/C5H4O2S.C4H10N2/c6-5(7)4-2-1-3-8-4;1-2-6-4-3-5-1/h1-3H,(H,6,7);5-6H,1-4H2. The average molecular weight is 214 g/mol. The molecule has 1 fully saturated rings. The van der Waals surface area contributed by atoms with Crippen LogP contribution in [0.1, 0.15) is 9.67 Å². The second kappa shape index (κ2) is 6.53. The minimum absolute atomic E-state index is 0.394. The number of hydrogen-bond acceptors (Lipinski definition) is 4. The Labute approximate surface area is 87.0 Å². The third-order valence-electron chi connectivity index (χ3n) is 1.69. The van der Waals surface area contributed by atoms with Gasteiger partial charge in [-0.3, -0.25) is 0 Å². The van der Waals surface area contributed by atoms with Crippen molar-refractivity contribution in [1.29, 1.82) is 0 Å². The molecule has 2 rings (SSSR count). The van der Waals surface area contributed by atoms with Gasteiger partial charge in [0.2, 0.25) is 0 Å². The number of nitrogens with one attached hydrogen (secondary N) is 2. The van der Waals surface area contributed by atoms with Crippen molar-refractivity contribution in [2.75, 3.05) is 26.2 Å². The minimum atomic E-state index is -0.847. The SMILES string of the molecule is C1CNCCN1.O=C(O)c1cccs1. The van der Waals surface area contributed by atoms with E-state index in [4.69, 9.17) is 5.11 Å². The lowest BCUT2D eigenvalue weighted by molar-refractivity contribution is 0.0702. The van der Waals surface area contributed by atoms with Crippen molar-refractivity contribution in [3.05, 3.63) is 22.4 Å². The number of piperazine rings is 1. The van der Waals surface area contributed by atoms with Crippen molar-refractivity contribution >= 4 is 17.3 Å². The van der Waals surface area contributed by atoms with Crippen LogP contribution >= 0.6 is 11.3 Å². The summed E-state index contributed by atoms with van der Waals surface area (Å²) in [6, 6.07) is 3.29. The summed E-state index contributed by atoms with van der Waals surface area (Å²) in [5.74, 6) is -0.847. The van der Waals surface area contributed by atoms with Gasteiger partial charge in [0.15, 0.2) is 0 Å². The van der Waals surface area contributed by atoms with Crippen LogP contribution in [-0.4, -0.2) is 37.3 Å². The molecule has 4 nitrogen and oxygen atoms in total. The van der Waals surface area contributed by atoms with Crippen LogP contribution in [0, 0.1) is 0 Å². The van der Waals surface area contributed by atoms with Crippen molar-refractivity contribution in [3.63, 3.8) is 0 Å². The van der Waals surface area contributed by atoms with E-state index >= 15 is 0 Å². The Hall–Kier alpha value is -0.910. The van der Waals surface area contributed by atoms with Gasteiger partial charge < -0.3 is 15.7 Å². The molecule has 78 valence electrons. The molecule has 3 N–H and O–H groups in total. The third-order valence-corrected chi connectivity index (χ3v) is 2.55. The maximum Gasteiger partial charge on any atom is 0.345 e. The summed E-state index contributed by atoms with van der Waals surface area (Å²) in [5.41, 5.74) is 0. The molecule has 1 aliphatic heterocycles. The predicted molar refractivity (Wildman–Crippen MR) is 57.0 cm³/mol. The normalized spacial score (nSPS) is 15.4. The highest BCUT2D eigenvalue weighted by Crippen LogP contribution is 2.06. The van der Waals surface area contributed by atoms with E-state index in [2.05, 4.69) is 10.6 Å². The van der Waals surface area contributed by atoms with E-state index in [1.165, 1.54) is 11.3 Å². The quantitative estimate of drug-likeness (QED) is 0.641. The first-order valence-electron chi connectivity index (χ1n) is 4.49. The molecule has 1 aliphatic rings. The van der Waals surface area contributed by atoms with Crippen LogP contribution in [0.25, 0.3) is 0 Å². The van der Waals surface area contributed by atoms with Crippen LogP contribution in [0.3, 0.4) is 0 Å². The van der Waals surface area contributed by atoms with E-state index in [1.54, 1.807) is 17.5 Å². The zero-order valence-electron chi connectivity index (χ0n) is 7.82. The molecule has 0 radical (unpaired) electrons. The molecular formula is C9H14N2O2S. The van der Waals surface area contributed by atoms with E-state index in [-0.39, 0.29) is 0 Å². The Bertz CT molecular complexity index is 246. The van der Waals surface area contributed by atoms with Crippen molar-refractivity contribution in [2.24, 2.45) is 0 Å². The van der Waals surface area contributed by atoms with Gasteiger partial charge >= 0.3 is 5.97 Å². The van der Waals surface area contributed by atoms with Gasteiger partial charge in [0.25, 0.3) is 0 Å². The van der Waals surface area contributed by atoms with Crippen molar-refractivity contribution in [3.8, 4) is 0 Å². The Morgan fingerprint density at radius 1 is 1.29 bits per heavy atom. The van der Waals surface area contributed by atoms with Gasteiger partial charge in [0.05, 0.1) is 0 Å². The summed E-state index contributed by atoms with van der Waals surface area (Å²) < 4.78 is 0. The van der Waals surface area contributed by atoms with Crippen LogP contribution in [-0.2, 0) is 0 Å². The fourth-order valence-corrected chi connectivity index (χ4v) is 1.57. The number of hydrogen-bond donors (Lipinski definition) is 3. The molecule has 0 spiro atoms. The summed E-state index contributed by atoms with van der Waals surface area (Å²) in [4.78, 5) is 10.5. The van der Waals surface area contributed by atoms with Crippen LogP contribution in [0.15, 0.2) is 17.5 Å². The smallest absolute Gasteiger partial charge is 0.345 e. The highest BCUT2D eigenvalue weighted by atomic mass is 32.1.